The lowest BCUT2D eigenvalue weighted by molar-refractivity contribution is 0.651. The SMILES string of the molecule is CCCCSC(c1ccccc1)C(N)Cc1ccccc1. The fraction of sp³-hybridized carbons (Fsp3) is 0.368. The summed E-state index contributed by atoms with van der Waals surface area (Å²) >= 11 is 2.00. The molecule has 2 unspecified atom stereocenters. The van der Waals surface area contributed by atoms with Gasteiger partial charge >= 0.3 is 0 Å². The van der Waals surface area contributed by atoms with Crippen molar-refractivity contribution in [3.05, 3.63) is 71.8 Å². The standard InChI is InChI=1S/C19H25NS/c1-2-3-14-21-19(17-12-8-5-9-13-17)18(20)15-16-10-6-4-7-11-16/h4-13,18-19H,2-3,14-15,20H2,1H3. The molecule has 2 N–H and O–H groups in total. The van der Waals surface area contributed by atoms with Crippen molar-refractivity contribution in [2.75, 3.05) is 5.75 Å². The fourth-order valence-electron chi connectivity index (χ4n) is 2.46. The Balaban J connectivity index is 2.07. The zero-order valence-electron chi connectivity index (χ0n) is 12.7. The van der Waals surface area contributed by atoms with Crippen LogP contribution >= 0.6 is 11.8 Å². The number of rotatable bonds is 8. The highest BCUT2D eigenvalue weighted by Crippen LogP contribution is 2.33. The largest absolute Gasteiger partial charge is 0.326 e. The Kier molecular flexibility index (Phi) is 6.84. The summed E-state index contributed by atoms with van der Waals surface area (Å²) in [6.45, 7) is 2.24. The molecule has 0 amide bonds. The summed E-state index contributed by atoms with van der Waals surface area (Å²) in [5.41, 5.74) is 9.21. The van der Waals surface area contributed by atoms with Crippen molar-refractivity contribution in [3.63, 3.8) is 0 Å². The van der Waals surface area contributed by atoms with Gasteiger partial charge in [-0.25, -0.2) is 0 Å². The normalized spacial score (nSPS) is 13.8. The summed E-state index contributed by atoms with van der Waals surface area (Å²) in [6.07, 6.45) is 3.42. The van der Waals surface area contributed by atoms with E-state index in [-0.39, 0.29) is 6.04 Å². The highest BCUT2D eigenvalue weighted by molar-refractivity contribution is 7.99. The Bertz CT molecular complexity index is 497. The molecule has 2 atom stereocenters. The molecule has 2 aromatic rings. The zero-order chi connectivity index (χ0) is 14.9. The first-order valence-electron chi connectivity index (χ1n) is 7.77. The lowest BCUT2D eigenvalue weighted by Crippen LogP contribution is -2.29. The van der Waals surface area contributed by atoms with Crippen LogP contribution in [-0.4, -0.2) is 11.8 Å². The highest BCUT2D eigenvalue weighted by atomic mass is 32.2. The van der Waals surface area contributed by atoms with Gasteiger partial charge in [0.1, 0.15) is 0 Å². The predicted octanol–water partition coefficient (Wildman–Crippen LogP) is 4.83. The quantitative estimate of drug-likeness (QED) is 0.706. The zero-order valence-corrected chi connectivity index (χ0v) is 13.6. The van der Waals surface area contributed by atoms with Crippen LogP contribution in [0, 0.1) is 0 Å². The molecule has 2 heteroatoms. The highest BCUT2D eigenvalue weighted by Gasteiger charge is 2.20. The predicted molar refractivity (Wildman–Crippen MR) is 94.7 cm³/mol. The average molecular weight is 299 g/mol. The van der Waals surface area contributed by atoms with Gasteiger partial charge in [0.25, 0.3) is 0 Å². The third kappa shape index (κ3) is 5.22. The van der Waals surface area contributed by atoms with Crippen LogP contribution in [0.15, 0.2) is 60.7 Å². The van der Waals surface area contributed by atoms with Gasteiger partial charge in [0.2, 0.25) is 0 Å². The van der Waals surface area contributed by atoms with E-state index in [1.165, 1.54) is 29.7 Å². The first-order chi connectivity index (χ1) is 10.3. The maximum atomic E-state index is 6.54. The van der Waals surface area contributed by atoms with E-state index in [9.17, 15) is 0 Å². The Morgan fingerprint density at radius 1 is 0.952 bits per heavy atom. The van der Waals surface area contributed by atoms with Crippen LogP contribution in [0.5, 0.6) is 0 Å². The summed E-state index contributed by atoms with van der Waals surface area (Å²) in [5, 5.41) is 0.373. The molecule has 2 aromatic carbocycles. The maximum absolute atomic E-state index is 6.54. The fourth-order valence-corrected chi connectivity index (χ4v) is 3.86. The van der Waals surface area contributed by atoms with Gasteiger partial charge in [0.05, 0.1) is 0 Å². The van der Waals surface area contributed by atoms with Crippen molar-refractivity contribution in [2.45, 2.75) is 37.5 Å². The van der Waals surface area contributed by atoms with Crippen LogP contribution in [0.3, 0.4) is 0 Å². The number of benzene rings is 2. The summed E-state index contributed by atoms with van der Waals surface area (Å²) in [5.74, 6) is 1.18. The van der Waals surface area contributed by atoms with E-state index < -0.39 is 0 Å². The maximum Gasteiger partial charge on any atom is 0.0451 e. The molecule has 21 heavy (non-hydrogen) atoms. The second-order valence-corrected chi connectivity index (χ2v) is 6.66. The minimum Gasteiger partial charge on any atom is -0.326 e. The number of unbranched alkanes of at least 4 members (excludes halogenated alkanes) is 1. The van der Waals surface area contributed by atoms with Crippen LogP contribution in [0.4, 0.5) is 0 Å². The molecule has 0 bridgehead atoms. The molecule has 112 valence electrons. The summed E-state index contributed by atoms with van der Waals surface area (Å²) in [6, 6.07) is 21.4. The number of hydrogen-bond acceptors (Lipinski definition) is 2. The van der Waals surface area contributed by atoms with Gasteiger partial charge in [-0.2, -0.15) is 11.8 Å². The van der Waals surface area contributed by atoms with Crippen LogP contribution in [0.2, 0.25) is 0 Å². The summed E-state index contributed by atoms with van der Waals surface area (Å²) in [7, 11) is 0. The van der Waals surface area contributed by atoms with Crippen molar-refractivity contribution in [1.82, 2.24) is 0 Å². The molecular weight excluding hydrogens is 274 g/mol. The Labute approximate surface area is 133 Å². The third-order valence-corrected chi connectivity index (χ3v) is 5.13. The van der Waals surface area contributed by atoms with Gasteiger partial charge in [0.15, 0.2) is 0 Å². The second-order valence-electron chi connectivity index (χ2n) is 5.41. The third-order valence-electron chi connectivity index (χ3n) is 3.63. The first kappa shape index (κ1) is 16.1. The molecule has 0 fully saturated rings. The topological polar surface area (TPSA) is 26.0 Å². The van der Waals surface area contributed by atoms with E-state index >= 15 is 0 Å². The van der Waals surface area contributed by atoms with Gasteiger partial charge in [-0.15, -0.1) is 0 Å². The second kappa shape index (κ2) is 8.91. The molecule has 0 aliphatic heterocycles. The molecule has 0 saturated carbocycles. The van der Waals surface area contributed by atoms with Gasteiger partial charge in [0, 0.05) is 11.3 Å². The van der Waals surface area contributed by atoms with E-state index in [2.05, 4.69) is 67.6 Å². The van der Waals surface area contributed by atoms with Crippen molar-refractivity contribution in [3.8, 4) is 0 Å². The van der Waals surface area contributed by atoms with Gasteiger partial charge < -0.3 is 5.73 Å². The minimum absolute atomic E-state index is 0.150. The minimum atomic E-state index is 0.150. The number of nitrogens with two attached hydrogens (primary N) is 1. The monoisotopic (exact) mass is 299 g/mol. The van der Waals surface area contributed by atoms with Crippen LogP contribution < -0.4 is 5.73 Å². The number of thioether (sulfide) groups is 1. The molecule has 0 aromatic heterocycles. The van der Waals surface area contributed by atoms with Crippen molar-refractivity contribution >= 4 is 11.8 Å². The lowest BCUT2D eigenvalue weighted by atomic mass is 9.99. The molecule has 0 saturated heterocycles. The van der Waals surface area contributed by atoms with Crippen molar-refractivity contribution in [1.29, 1.82) is 0 Å². The molecule has 2 rings (SSSR count). The molecule has 0 spiro atoms. The average Bonchev–Trinajstić information content (AvgIpc) is 2.53. The Morgan fingerprint density at radius 3 is 2.19 bits per heavy atom. The Hall–Kier alpha value is -1.25. The summed E-state index contributed by atoms with van der Waals surface area (Å²) in [4.78, 5) is 0. The van der Waals surface area contributed by atoms with Crippen LogP contribution in [0.1, 0.15) is 36.1 Å². The van der Waals surface area contributed by atoms with E-state index in [0.29, 0.717) is 5.25 Å². The van der Waals surface area contributed by atoms with Crippen molar-refractivity contribution in [2.24, 2.45) is 5.73 Å². The smallest absolute Gasteiger partial charge is 0.0451 e. The van der Waals surface area contributed by atoms with Crippen LogP contribution in [-0.2, 0) is 6.42 Å². The lowest BCUT2D eigenvalue weighted by Gasteiger charge is -2.24. The molecule has 0 aliphatic carbocycles. The van der Waals surface area contributed by atoms with E-state index in [1.807, 2.05) is 11.8 Å². The van der Waals surface area contributed by atoms with Gasteiger partial charge in [-0.05, 0) is 29.7 Å². The molecule has 1 nitrogen and oxygen atoms in total. The van der Waals surface area contributed by atoms with E-state index in [1.54, 1.807) is 0 Å². The number of hydrogen-bond donors (Lipinski definition) is 1. The molecular formula is C19H25NS. The van der Waals surface area contributed by atoms with Gasteiger partial charge in [-0.3, -0.25) is 0 Å². The van der Waals surface area contributed by atoms with Crippen LogP contribution in [0.25, 0.3) is 0 Å². The van der Waals surface area contributed by atoms with E-state index in [4.69, 9.17) is 5.73 Å². The van der Waals surface area contributed by atoms with Crippen molar-refractivity contribution < 1.29 is 0 Å². The molecule has 0 aliphatic rings. The first-order valence-corrected chi connectivity index (χ1v) is 8.82. The summed E-state index contributed by atoms with van der Waals surface area (Å²) < 4.78 is 0. The van der Waals surface area contributed by atoms with Gasteiger partial charge in [-0.1, -0.05) is 74.0 Å². The Morgan fingerprint density at radius 2 is 1.57 bits per heavy atom. The molecule has 0 radical (unpaired) electrons. The molecule has 0 heterocycles. The van der Waals surface area contributed by atoms with E-state index in [0.717, 1.165) is 6.42 Å².